The highest BCUT2D eigenvalue weighted by Crippen LogP contribution is 2.26. The predicted molar refractivity (Wildman–Crippen MR) is 66.7 cm³/mol. The molecule has 1 fully saturated rings. The number of hydrogen-bond donors (Lipinski definition) is 0. The molecule has 0 radical (unpaired) electrons. The third-order valence-corrected chi connectivity index (χ3v) is 3.83. The molecular weight excluding hydrogens is 214 g/mol. The lowest BCUT2D eigenvalue weighted by molar-refractivity contribution is 0.164. The first kappa shape index (κ1) is 12.6. The zero-order chi connectivity index (χ0) is 12.3. The van der Waals surface area contributed by atoms with Crippen LogP contribution in [0, 0.1) is 12.8 Å². The van der Waals surface area contributed by atoms with Crippen LogP contribution in [0.4, 0.5) is 0 Å². The fourth-order valence-corrected chi connectivity index (χ4v) is 2.61. The van der Waals surface area contributed by atoms with Crippen molar-refractivity contribution in [1.82, 2.24) is 15.0 Å². The van der Waals surface area contributed by atoms with Crippen molar-refractivity contribution in [2.45, 2.75) is 52.0 Å². The van der Waals surface area contributed by atoms with Gasteiger partial charge >= 0.3 is 0 Å². The van der Waals surface area contributed by atoms with Crippen molar-refractivity contribution in [1.29, 1.82) is 0 Å². The summed E-state index contributed by atoms with van der Waals surface area (Å²) in [4.78, 5) is 6.64. The Labute approximate surface area is 103 Å². The van der Waals surface area contributed by atoms with Crippen molar-refractivity contribution in [3.8, 4) is 0 Å². The van der Waals surface area contributed by atoms with E-state index in [0.717, 1.165) is 24.2 Å². The summed E-state index contributed by atoms with van der Waals surface area (Å²) >= 11 is 0. The molecule has 96 valence electrons. The van der Waals surface area contributed by atoms with E-state index < -0.39 is 0 Å². The summed E-state index contributed by atoms with van der Waals surface area (Å²) in [5, 5.41) is 3.85. The first-order valence-electron chi connectivity index (χ1n) is 6.67. The van der Waals surface area contributed by atoms with Crippen molar-refractivity contribution in [3.63, 3.8) is 0 Å². The van der Waals surface area contributed by atoms with E-state index in [1.807, 2.05) is 6.92 Å². The normalized spacial score (nSPS) is 19.8. The maximum atomic E-state index is 5.23. The smallest absolute Gasteiger partial charge is 0.243 e. The summed E-state index contributed by atoms with van der Waals surface area (Å²) < 4.78 is 5.23. The number of aryl methyl sites for hydroxylation is 1. The zero-order valence-electron chi connectivity index (χ0n) is 11.1. The van der Waals surface area contributed by atoms with E-state index in [1.165, 1.54) is 32.1 Å². The van der Waals surface area contributed by atoms with Gasteiger partial charge in [-0.25, -0.2) is 0 Å². The average molecular weight is 237 g/mol. The molecule has 0 saturated heterocycles. The van der Waals surface area contributed by atoms with E-state index in [0.29, 0.717) is 0 Å². The third kappa shape index (κ3) is 3.28. The van der Waals surface area contributed by atoms with Crippen molar-refractivity contribution < 1.29 is 4.52 Å². The molecule has 17 heavy (non-hydrogen) atoms. The topological polar surface area (TPSA) is 42.2 Å². The molecule has 4 nitrogen and oxygen atoms in total. The minimum absolute atomic E-state index is 0.220. The van der Waals surface area contributed by atoms with Gasteiger partial charge in [0, 0.05) is 6.54 Å². The summed E-state index contributed by atoms with van der Waals surface area (Å²) in [7, 11) is 2.15. The number of aromatic nitrogens is 2. The summed E-state index contributed by atoms with van der Waals surface area (Å²) in [5.74, 6) is 2.30. The Morgan fingerprint density at radius 3 is 2.65 bits per heavy atom. The Hall–Kier alpha value is -0.900. The fraction of sp³-hybridized carbons (Fsp3) is 0.846. The highest BCUT2D eigenvalue weighted by atomic mass is 16.5. The van der Waals surface area contributed by atoms with Gasteiger partial charge in [-0.3, -0.25) is 4.90 Å². The Morgan fingerprint density at radius 2 is 2.06 bits per heavy atom. The van der Waals surface area contributed by atoms with Gasteiger partial charge in [-0.2, -0.15) is 4.98 Å². The molecule has 1 atom stereocenters. The number of hydrogen-bond acceptors (Lipinski definition) is 4. The summed E-state index contributed by atoms with van der Waals surface area (Å²) in [5.41, 5.74) is 0. The van der Waals surface area contributed by atoms with Crippen LogP contribution in [0.3, 0.4) is 0 Å². The summed E-state index contributed by atoms with van der Waals surface area (Å²) in [6, 6.07) is 0.220. The van der Waals surface area contributed by atoms with Crippen molar-refractivity contribution in [2.75, 3.05) is 13.6 Å². The molecule has 0 bridgehead atoms. The first-order chi connectivity index (χ1) is 8.16. The highest BCUT2D eigenvalue weighted by molar-refractivity contribution is 4.90. The van der Waals surface area contributed by atoms with E-state index in [4.69, 9.17) is 4.52 Å². The zero-order valence-corrected chi connectivity index (χ0v) is 11.1. The van der Waals surface area contributed by atoms with E-state index in [2.05, 4.69) is 29.0 Å². The van der Waals surface area contributed by atoms with Gasteiger partial charge in [0.15, 0.2) is 5.82 Å². The molecule has 1 aliphatic carbocycles. The van der Waals surface area contributed by atoms with Gasteiger partial charge in [-0.1, -0.05) is 24.4 Å². The quantitative estimate of drug-likeness (QED) is 0.807. The molecule has 1 heterocycles. The molecule has 4 heteroatoms. The maximum absolute atomic E-state index is 5.23. The summed E-state index contributed by atoms with van der Waals surface area (Å²) in [6.45, 7) is 5.14. The molecular formula is C13H23N3O. The van der Waals surface area contributed by atoms with Gasteiger partial charge in [0.05, 0.1) is 6.04 Å². The van der Waals surface area contributed by atoms with Gasteiger partial charge in [0.2, 0.25) is 5.89 Å². The van der Waals surface area contributed by atoms with Crippen LogP contribution in [-0.4, -0.2) is 28.6 Å². The molecule has 0 amide bonds. The maximum Gasteiger partial charge on any atom is 0.243 e. The molecule has 0 aliphatic heterocycles. The Balaban J connectivity index is 1.88. The van der Waals surface area contributed by atoms with Crippen LogP contribution in [0.5, 0.6) is 0 Å². The van der Waals surface area contributed by atoms with Crippen LogP contribution in [-0.2, 0) is 0 Å². The molecule has 0 N–H and O–H groups in total. The van der Waals surface area contributed by atoms with Gasteiger partial charge < -0.3 is 4.52 Å². The minimum atomic E-state index is 0.220. The lowest BCUT2D eigenvalue weighted by Crippen LogP contribution is -2.29. The molecule has 2 rings (SSSR count). The van der Waals surface area contributed by atoms with Crippen LogP contribution in [0.1, 0.15) is 56.8 Å². The molecule has 0 aromatic carbocycles. The van der Waals surface area contributed by atoms with Gasteiger partial charge in [-0.15, -0.1) is 0 Å². The Kier molecular flexibility index (Phi) is 4.15. The van der Waals surface area contributed by atoms with Crippen molar-refractivity contribution >= 4 is 0 Å². The predicted octanol–water partition coefficient (Wildman–Crippen LogP) is 2.95. The lowest BCUT2D eigenvalue weighted by Gasteiger charge is -2.29. The van der Waals surface area contributed by atoms with Crippen molar-refractivity contribution in [3.05, 3.63) is 11.7 Å². The molecule has 1 aromatic rings. The van der Waals surface area contributed by atoms with Crippen LogP contribution < -0.4 is 0 Å². The number of nitrogens with zero attached hydrogens (tertiary/aromatic N) is 3. The fourth-order valence-electron chi connectivity index (χ4n) is 2.61. The van der Waals surface area contributed by atoms with Crippen LogP contribution in [0.2, 0.25) is 0 Å². The molecule has 1 aliphatic rings. The van der Waals surface area contributed by atoms with Gasteiger partial charge in [0.25, 0.3) is 0 Å². The van der Waals surface area contributed by atoms with Crippen LogP contribution >= 0.6 is 0 Å². The number of rotatable bonds is 4. The monoisotopic (exact) mass is 237 g/mol. The lowest BCUT2D eigenvalue weighted by atomic mass is 9.89. The van der Waals surface area contributed by atoms with E-state index in [1.54, 1.807) is 0 Å². The van der Waals surface area contributed by atoms with Gasteiger partial charge in [-0.05, 0) is 39.7 Å². The van der Waals surface area contributed by atoms with Crippen LogP contribution in [0.15, 0.2) is 4.52 Å². The second-order valence-electron chi connectivity index (χ2n) is 5.30. The van der Waals surface area contributed by atoms with Gasteiger partial charge in [0.1, 0.15) is 0 Å². The van der Waals surface area contributed by atoms with Crippen molar-refractivity contribution in [2.24, 2.45) is 5.92 Å². The molecule has 0 unspecified atom stereocenters. The average Bonchev–Trinajstić information content (AvgIpc) is 2.76. The second-order valence-corrected chi connectivity index (χ2v) is 5.30. The third-order valence-electron chi connectivity index (χ3n) is 3.83. The SMILES string of the molecule is Cc1noc([C@@H](C)N(C)CC2CCCCC2)n1. The highest BCUT2D eigenvalue weighted by Gasteiger charge is 2.22. The molecule has 1 saturated carbocycles. The molecule has 0 spiro atoms. The largest absolute Gasteiger partial charge is 0.338 e. The minimum Gasteiger partial charge on any atom is -0.338 e. The van der Waals surface area contributed by atoms with E-state index in [9.17, 15) is 0 Å². The Morgan fingerprint density at radius 1 is 1.35 bits per heavy atom. The summed E-state index contributed by atoms with van der Waals surface area (Å²) in [6.07, 6.45) is 6.96. The van der Waals surface area contributed by atoms with E-state index in [-0.39, 0.29) is 6.04 Å². The first-order valence-corrected chi connectivity index (χ1v) is 6.67. The van der Waals surface area contributed by atoms with E-state index >= 15 is 0 Å². The Bertz CT molecular complexity index is 344. The molecule has 1 aromatic heterocycles. The van der Waals surface area contributed by atoms with Crippen LogP contribution in [0.25, 0.3) is 0 Å². The standard InChI is InChI=1S/C13H23N3O/c1-10(13-14-11(2)15-17-13)16(3)9-12-7-5-4-6-8-12/h10,12H,4-9H2,1-3H3/t10-/m1/s1. The second kappa shape index (κ2) is 5.63.